The number of hydrogen-bond donors (Lipinski definition) is 0. The molecule has 7 atom stereocenters. The molecule has 3 heteroatoms. The molecule has 0 saturated heterocycles. The number of anilines is 1. The number of aryl methyl sites for hydroxylation is 1. The molecule has 2 heterocycles. The van der Waals surface area contributed by atoms with Crippen LogP contribution in [-0.2, 0) is 18.3 Å². The molecule has 5 aromatic rings. The molecule has 6 aliphatic rings. The van der Waals surface area contributed by atoms with E-state index in [1.54, 1.807) is 10.5 Å². The van der Waals surface area contributed by atoms with Crippen LogP contribution in [-0.4, -0.2) is 21.4 Å². The Balaban J connectivity index is 1.09. The molecule has 0 saturated carbocycles. The quantitative estimate of drug-likeness (QED) is 0.158. The Morgan fingerprint density at radius 1 is 0.729 bits per heavy atom. The van der Waals surface area contributed by atoms with Gasteiger partial charge in [0, 0.05) is 56.4 Å². The molecule has 0 radical (unpaired) electrons. The Hall–Kier alpha value is -4.99. The Morgan fingerprint density at radius 3 is 2.29 bits per heavy atom. The molecule has 5 aliphatic carbocycles. The van der Waals surface area contributed by atoms with Crippen molar-refractivity contribution in [3.63, 3.8) is 0 Å². The third-order valence-corrected chi connectivity index (χ3v) is 17.2. The molecular formula is C56H56N2S. The van der Waals surface area contributed by atoms with Crippen LogP contribution < -0.4 is 4.90 Å². The SMILES string of the molecule is CC1C(n2c3c(c4c5c(ccc42)C=CCC5)C=CC(C)(N(c2ccc(-c4ccccc4)cc2)C2CC=CCC2(C)c2ccccc2)C3)C=CC2SC3=C(C=CCC3)C21C. The summed E-state index contributed by atoms with van der Waals surface area (Å²) >= 11 is 2.15. The third-order valence-electron chi connectivity index (χ3n) is 15.6. The fraction of sp³-hybridized carbons (Fsp3) is 0.321. The van der Waals surface area contributed by atoms with Crippen LogP contribution in [0.15, 0.2) is 156 Å². The van der Waals surface area contributed by atoms with Gasteiger partial charge in [0.1, 0.15) is 0 Å². The Morgan fingerprint density at radius 2 is 1.47 bits per heavy atom. The second-order valence-electron chi connectivity index (χ2n) is 18.8. The monoisotopic (exact) mass is 788 g/mol. The maximum absolute atomic E-state index is 2.85. The molecule has 1 aliphatic heterocycles. The highest BCUT2D eigenvalue weighted by Gasteiger charge is 2.53. The second kappa shape index (κ2) is 14.1. The summed E-state index contributed by atoms with van der Waals surface area (Å²) in [6.07, 6.45) is 32.4. The van der Waals surface area contributed by atoms with Gasteiger partial charge < -0.3 is 9.47 Å². The van der Waals surface area contributed by atoms with Crippen LogP contribution in [0.4, 0.5) is 5.69 Å². The molecule has 4 aromatic carbocycles. The van der Waals surface area contributed by atoms with Crippen molar-refractivity contribution in [2.45, 2.75) is 101 Å². The summed E-state index contributed by atoms with van der Waals surface area (Å²) in [4.78, 5) is 4.48. The minimum atomic E-state index is -0.293. The van der Waals surface area contributed by atoms with E-state index in [2.05, 4.69) is 207 Å². The van der Waals surface area contributed by atoms with Crippen molar-refractivity contribution in [1.29, 1.82) is 0 Å². The molecule has 7 unspecified atom stereocenters. The summed E-state index contributed by atoms with van der Waals surface area (Å²) in [5.41, 5.74) is 13.8. The van der Waals surface area contributed by atoms with Crippen molar-refractivity contribution in [3.05, 3.63) is 184 Å². The van der Waals surface area contributed by atoms with Gasteiger partial charge in [0.05, 0.1) is 11.6 Å². The van der Waals surface area contributed by atoms with Crippen LogP contribution in [0.25, 0.3) is 34.2 Å². The van der Waals surface area contributed by atoms with Crippen molar-refractivity contribution in [3.8, 4) is 11.1 Å². The number of aromatic nitrogens is 1. The highest BCUT2D eigenvalue weighted by molar-refractivity contribution is 8.04. The second-order valence-corrected chi connectivity index (χ2v) is 20.1. The van der Waals surface area contributed by atoms with Gasteiger partial charge in [0.2, 0.25) is 0 Å². The van der Waals surface area contributed by atoms with Gasteiger partial charge in [-0.2, -0.15) is 0 Å². The number of hydrogen-bond acceptors (Lipinski definition) is 2. The number of fused-ring (bicyclic) bond motifs is 7. The summed E-state index contributed by atoms with van der Waals surface area (Å²) in [5.74, 6) is 0.430. The number of allylic oxidation sites excluding steroid dienone is 7. The molecule has 0 spiro atoms. The zero-order valence-corrected chi connectivity index (χ0v) is 35.9. The Labute approximate surface area is 355 Å². The number of thioether (sulfide) groups is 1. The van der Waals surface area contributed by atoms with Crippen molar-refractivity contribution in [2.24, 2.45) is 11.3 Å². The maximum Gasteiger partial charge on any atom is 0.0618 e. The minimum Gasteiger partial charge on any atom is -0.358 e. The van der Waals surface area contributed by atoms with Crippen molar-refractivity contribution < 1.29 is 0 Å². The molecule has 0 fully saturated rings. The molecular weight excluding hydrogens is 733 g/mol. The average Bonchev–Trinajstić information content (AvgIpc) is 3.77. The zero-order chi connectivity index (χ0) is 39.9. The molecule has 11 rings (SSSR count). The van der Waals surface area contributed by atoms with Crippen LogP contribution in [0, 0.1) is 11.3 Å². The minimum absolute atomic E-state index is 0.0767. The van der Waals surface area contributed by atoms with Gasteiger partial charge in [0.25, 0.3) is 0 Å². The molecule has 2 nitrogen and oxygen atoms in total. The lowest BCUT2D eigenvalue weighted by atomic mass is 9.63. The topological polar surface area (TPSA) is 8.17 Å². The molecule has 0 bridgehead atoms. The number of benzene rings is 4. The smallest absolute Gasteiger partial charge is 0.0618 e. The Bertz CT molecular complexity index is 2640. The standard InChI is InChI=1S/C56H56N2S/c1-38-47(32-33-52-56(38,4)46-23-13-14-24-50(46)59-52)57-48-31-28-41-19-11-12-22-44(41)53(48)45-34-36-54(2,37-49(45)57)58(43-29-26-40(27-30-43)39-17-7-5-8-18-39)51-25-15-16-35-55(51,3)42-20-9-6-10-21-42/h5-11,13,15-21,23,26-34,36,38,47,51-52H,12,14,22,24-25,35,37H2,1-4H3. The van der Waals surface area contributed by atoms with Crippen molar-refractivity contribution in [1.82, 2.24) is 4.57 Å². The van der Waals surface area contributed by atoms with E-state index in [1.807, 2.05) is 0 Å². The summed E-state index contributed by atoms with van der Waals surface area (Å²) in [6.45, 7) is 10.2. The fourth-order valence-corrected chi connectivity index (χ4v) is 13.9. The fourth-order valence-electron chi connectivity index (χ4n) is 12.2. The highest BCUT2D eigenvalue weighted by atomic mass is 32.2. The van der Waals surface area contributed by atoms with Crippen LogP contribution in [0.1, 0.15) is 93.8 Å². The lowest BCUT2D eigenvalue weighted by molar-refractivity contribution is 0.205. The van der Waals surface area contributed by atoms with E-state index in [4.69, 9.17) is 0 Å². The average molecular weight is 789 g/mol. The third kappa shape index (κ3) is 5.67. The van der Waals surface area contributed by atoms with Gasteiger partial charge in [-0.25, -0.2) is 0 Å². The Kier molecular flexibility index (Phi) is 8.82. The molecule has 0 N–H and O–H groups in total. The molecule has 296 valence electrons. The lowest BCUT2D eigenvalue weighted by Crippen LogP contribution is -2.60. The first-order valence-corrected chi connectivity index (χ1v) is 23.1. The van der Waals surface area contributed by atoms with E-state index in [-0.39, 0.29) is 28.5 Å². The van der Waals surface area contributed by atoms with Gasteiger partial charge in [-0.05, 0) is 108 Å². The zero-order valence-electron chi connectivity index (χ0n) is 35.1. The highest BCUT2D eigenvalue weighted by Crippen LogP contribution is 2.62. The van der Waals surface area contributed by atoms with Crippen LogP contribution >= 0.6 is 11.8 Å². The largest absolute Gasteiger partial charge is 0.358 e. The first-order valence-electron chi connectivity index (χ1n) is 22.2. The molecule has 0 amide bonds. The van der Waals surface area contributed by atoms with E-state index in [1.165, 1.54) is 68.5 Å². The normalized spacial score (nSPS) is 30.3. The predicted molar refractivity (Wildman–Crippen MR) is 253 cm³/mol. The molecule has 59 heavy (non-hydrogen) atoms. The van der Waals surface area contributed by atoms with E-state index in [0.717, 1.165) is 32.1 Å². The van der Waals surface area contributed by atoms with Gasteiger partial charge in [-0.3, -0.25) is 0 Å². The summed E-state index contributed by atoms with van der Waals surface area (Å²) in [5, 5.41) is 1.98. The maximum atomic E-state index is 2.85. The van der Waals surface area contributed by atoms with Crippen LogP contribution in [0.3, 0.4) is 0 Å². The summed E-state index contributed by atoms with van der Waals surface area (Å²) in [6, 6.07) is 37.1. The first-order chi connectivity index (χ1) is 28.8. The van der Waals surface area contributed by atoms with Gasteiger partial charge >= 0.3 is 0 Å². The van der Waals surface area contributed by atoms with Gasteiger partial charge in [0.15, 0.2) is 0 Å². The van der Waals surface area contributed by atoms with E-state index < -0.39 is 0 Å². The first kappa shape index (κ1) is 37.0. The molecule has 1 aromatic heterocycles. The number of nitrogens with zero attached hydrogens (tertiary/aromatic N) is 2. The summed E-state index contributed by atoms with van der Waals surface area (Å²) in [7, 11) is 0. The van der Waals surface area contributed by atoms with Crippen molar-refractivity contribution in [2.75, 3.05) is 4.90 Å². The summed E-state index contributed by atoms with van der Waals surface area (Å²) < 4.78 is 2.84. The van der Waals surface area contributed by atoms with E-state index >= 15 is 0 Å². The lowest BCUT2D eigenvalue weighted by Gasteiger charge is -2.54. The van der Waals surface area contributed by atoms with Crippen molar-refractivity contribution >= 4 is 40.5 Å². The van der Waals surface area contributed by atoms with E-state index in [9.17, 15) is 0 Å². The number of rotatable bonds is 6. The van der Waals surface area contributed by atoms with Crippen LogP contribution in [0.2, 0.25) is 0 Å². The van der Waals surface area contributed by atoms with Crippen LogP contribution in [0.5, 0.6) is 0 Å². The van der Waals surface area contributed by atoms with E-state index in [0.29, 0.717) is 11.2 Å². The van der Waals surface area contributed by atoms with Gasteiger partial charge in [-0.15, -0.1) is 11.8 Å². The predicted octanol–water partition coefficient (Wildman–Crippen LogP) is 14.3. The van der Waals surface area contributed by atoms with Gasteiger partial charge in [-0.1, -0.05) is 160 Å².